The predicted molar refractivity (Wildman–Crippen MR) is 223 cm³/mol. The molecule has 0 aromatic carbocycles. The number of guanidine groups is 1. The number of nitrogens with two attached hydrogens (primary N) is 10. The number of aliphatic carboxylic acids is 9. The maximum Gasteiger partial charge on any atom is 0.321 e. The summed E-state index contributed by atoms with van der Waals surface area (Å²) in [6, 6.07) is -5.28. The van der Waals surface area contributed by atoms with Crippen molar-refractivity contribution in [1.82, 2.24) is 5.32 Å². The lowest BCUT2D eigenvalue weighted by molar-refractivity contribution is -0.140. The predicted octanol–water partition coefficient (Wildman–Crippen LogP) is -6.22. The molecule has 7 atom stereocenters. The fourth-order valence-corrected chi connectivity index (χ4v) is 1.19. The average Bonchev–Trinajstić information content (AvgIpc) is 3.13. The molecule has 0 spiro atoms. The van der Waals surface area contributed by atoms with E-state index in [2.05, 4.69) is 29.4 Å². The molecular weight excluding hydrogens is 848 g/mol. The highest BCUT2D eigenvalue weighted by Crippen LogP contribution is 1.96. The zero-order valence-corrected chi connectivity index (χ0v) is 35.7. The molecule has 0 radical (unpaired) electrons. The van der Waals surface area contributed by atoms with Crippen LogP contribution in [0.15, 0.2) is 0 Å². The van der Waals surface area contributed by atoms with Gasteiger partial charge in [0.2, 0.25) is 0 Å². The van der Waals surface area contributed by atoms with Crippen LogP contribution in [0.4, 0.5) is 0 Å². The number of hydrogen-bond acceptors (Lipinski definition) is 20. The lowest BCUT2D eigenvalue weighted by atomic mass is 10.1. The van der Waals surface area contributed by atoms with Crippen LogP contribution in [-0.2, 0) is 43.2 Å². The summed E-state index contributed by atoms with van der Waals surface area (Å²) in [5.41, 5.74) is 48.8. The van der Waals surface area contributed by atoms with Crippen LogP contribution in [-0.4, -0.2) is 173 Å². The van der Waals surface area contributed by atoms with E-state index in [4.69, 9.17) is 97.2 Å². The van der Waals surface area contributed by atoms with Crippen LogP contribution in [0.3, 0.4) is 0 Å². The minimum Gasteiger partial charge on any atom is -0.480 e. The van der Waals surface area contributed by atoms with Crippen molar-refractivity contribution in [2.24, 2.45) is 63.3 Å². The zero-order chi connectivity index (χ0) is 51.3. The topological polar surface area (TPSA) is 632 Å². The van der Waals surface area contributed by atoms with Gasteiger partial charge in [0.05, 0.1) is 13.1 Å². The molecule has 0 rings (SSSR count). The molecule has 61 heavy (non-hydrogen) atoms. The number of rotatable bonds is 15. The monoisotopic (exact) mass is 918 g/mol. The molecule has 31 N–H and O–H groups in total. The standard InChI is InChI=1S/C6H14N4O2.C5H11NO2.C3H7NO2S.4C3H7NO2.2C2H5NO2/c7-4(5(11)12)2-1-3-10-6(8)9;1-3(2)4(6)5(7)8;4-2(1-7)3(5)6;4*1-2(4)3(5)6;2*3-1-2(4)5/h4H,1-3,7H2,(H,11,12)(H4,8,9,10);3-4H,6H2,1-2H3,(H,7,8);2,7H,1,4H2,(H,5,6);4*2H,4H2,1H3,(H,5,6);2*1,3H2,(H,4,5)/t2*4-;5*2-;;/m0000000../s1. The quantitative estimate of drug-likeness (QED) is 0.0314. The summed E-state index contributed by atoms with van der Waals surface area (Å²) in [6.07, 6.45) is 0.975. The Labute approximate surface area is 357 Å². The number of carboxylic acid groups (broad SMARTS) is 9. The fourth-order valence-electron chi connectivity index (χ4n) is 1.03. The SMILES string of the molecule is CC(C)[C@H](N)C(=O)O.C[C@H](N)C(=O)O.C[C@H](N)C(=O)O.C[C@H](N)C(=O)O.C[C@H](N)C(=O)O.N=C(N)NCCC[C@H](N)C(=O)O.NCC(=O)O.NCC(=O)O.N[C@@H](CS)C(=O)O. The van der Waals surface area contributed by atoms with Gasteiger partial charge >= 0.3 is 53.7 Å². The van der Waals surface area contributed by atoms with Crippen molar-refractivity contribution in [3.05, 3.63) is 0 Å². The molecule has 364 valence electrons. The molecule has 0 saturated heterocycles. The summed E-state index contributed by atoms with van der Waals surface area (Å²) >= 11 is 3.65. The smallest absolute Gasteiger partial charge is 0.321 e. The Bertz CT molecular complexity index is 1140. The van der Waals surface area contributed by atoms with E-state index in [1.807, 2.05) is 0 Å². The Hall–Kier alpha value is -5.51. The summed E-state index contributed by atoms with van der Waals surface area (Å²) in [4.78, 5) is 86.8. The van der Waals surface area contributed by atoms with E-state index in [0.717, 1.165) is 0 Å². The first-order chi connectivity index (χ1) is 27.4. The van der Waals surface area contributed by atoms with Gasteiger partial charge in [0, 0.05) is 12.3 Å². The summed E-state index contributed by atoms with van der Waals surface area (Å²) in [6.45, 7) is 9.16. The van der Waals surface area contributed by atoms with Gasteiger partial charge < -0.3 is 109 Å². The number of hydrogen-bond donors (Lipinski definition) is 22. The van der Waals surface area contributed by atoms with Crippen molar-refractivity contribution >= 4 is 72.3 Å². The highest BCUT2D eigenvalue weighted by Gasteiger charge is 2.14. The van der Waals surface area contributed by atoms with Gasteiger partial charge in [-0.25, -0.2) is 0 Å². The van der Waals surface area contributed by atoms with Crippen LogP contribution >= 0.6 is 12.6 Å². The molecule has 0 amide bonds. The van der Waals surface area contributed by atoms with Crippen molar-refractivity contribution in [1.29, 1.82) is 5.41 Å². The molecule has 0 aromatic rings. The van der Waals surface area contributed by atoms with E-state index < -0.39 is 96.0 Å². The molecular formula is C30H70N12O18S. The van der Waals surface area contributed by atoms with Gasteiger partial charge in [-0.2, -0.15) is 12.6 Å². The second-order valence-corrected chi connectivity index (χ2v) is 11.7. The Morgan fingerprint density at radius 3 is 0.820 bits per heavy atom. The average molecular weight is 919 g/mol. The second kappa shape index (κ2) is 50.6. The number of carboxylic acids is 9. The van der Waals surface area contributed by atoms with Gasteiger partial charge in [-0.3, -0.25) is 48.6 Å². The van der Waals surface area contributed by atoms with Crippen LogP contribution in [0, 0.1) is 11.3 Å². The molecule has 0 fully saturated rings. The van der Waals surface area contributed by atoms with Crippen molar-refractivity contribution in [3.63, 3.8) is 0 Å². The molecule has 0 unspecified atom stereocenters. The van der Waals surface area contributed by atoms with Crippen molar-refractivity contribution in [3.8, 4) is 0 Å². The van der Waals surface area contributed by atoms with Gasteiger partial charge in [-0.1, -0.05) is 13.8 Å². The Kier molecular flexibility index (Phi) is 63.3. The van der Waals surface area contributed by atoms with Crippen LogP contribution in [0.2, 0.25) is 0 Å². The first-order valence-corrected chi connectivity index (χ1v) is 17.4. The van der Waals surface area contributed by atoms with E-state index >= 15 is 0 Å². The third-order valence-electron chi connectivity index (χ3n) is 4.75. The Morgan fingerprint density at radius 1 is 0.508 bits per heavy atom. The van der Waals surface area contributed by atoms with Crippen molar-refractivity contribution in [2.45, 2.75) is 96.7 Å². The summed E-state index contributed by atoms with van der Waals surface area (Å²) in [7, 11) is 0. The van der Waals surface area contributed by atoms with Crippen LogP contribution in [0.5, 0.6) is 0 Å². The van der Waals surface area contributed by atoms with Gasteiger partial charge in [0.15, 0.2) is 5.96 Å². The minimum absolute atomic E-state index is 0.0208. The van der Waals surface area contributed by atoms with E-state index in [0.29, 0.717) is 19.4 Å². The van der Waals surface area contributed by atoms with E-state index in [1.165, 1.54) is 27.7 Å². The second-order valence-electron chi connectivity index (χ2n) is 11.4. The number of nitrogens with one attached hydrogen (secondary N) is 2. The molecule has 0 aromatic heterocycles. The molecule has 0 aliphatic carbocycles. The normalized spacial score (nSPS) is 12.3. The Balaban J connectivity index is -0.0000000724. The van der Waals surface area contributed by atoms with Crippen LogP contribution < -0.4 is 62.7 Å². The lowest BCUT2D eigenvalue weighted by Gasteiger charge is -2.07. The molecule has 0 heterocycles. The maximum absolute atomic E-state index is 10.2. The lowest BCUT2D eigenvalue weighted by Crippen LogP contribution is -2.34. The molecule has 0 aliphatic heterocycles. The summed E-state index contributed by atoms with van der Waals surface area (Å²) in [5.74, 6) is -8.63. The fraction of sp³-hybridized carbons (Fsp3) is 0.667. The van der Waals surface area contributed by atoms with Crippen molar-refractivity contribution in [2.75, 3.05) is 25.4 Å². The third kappa shape index (κ3) is 96.3. The van der Waals surface area contributed by atoms with Crippen LogP contribution in [0.1, 0.15) is 54.4 Å². The highest BCUT2D eigenvalue weighted by molar-refractivity contribution is 7.80. The van der Waals surface area contributed by atoms with Gasteiger partial charge in [-0.15, -0.1) is 0 Å². The first-order valence-electron chi connectivity index (χ1n) is 16.8. The van der Waals surface area contributed by atoms with Crippen LogP contribution in [0.25, 0.3) is 0 Å². The van der Waals surface area contributed by atoms with E-state index in [1.54, 1.807) is 13.8 Å². The highest BCUT2D eigenvalue weighted by atomic mass is 32.1. The largest absolute Gasteiger partial charge is 0.480 e. The summed E-state index contributed by atoms with van der Waals surface area (Å²) < 4.78 is 0. The molecule has 0 bridgehead atoms. The molecule has 31 heteroatoms. The minimum atomic E-state index is -1.00. The van der Waals surface area contributed by atoms with Gasteiger partial charge in [0.25, 0.3) is 0 Å². The summed E-state index contributed by atoms with van der Waals surface area (Å²) in [5, 5.41) is 80.6. The zero-order valence-electron chi connectivity index (χ0n) is 34.8. The van der Waals surface area contributed by atoms with Gasteiger partial charge in [0.1, 0.15) is 42.3 Å². The first kappa shape index (κ1) is 76.2. The van der Waals surface area contributed by atoms with Gasteiger partial charge in [-0.05, 0) is 46.5 Å². The molecule has 0 saturated carbocycles. The molecule has 0 aliphatic rings. The Morgan fingerprint density at radius 2 is 0.738 bits per heavy atom. The number of carbonyl (C=O) groups is 9. The molecule has 30 nitrogen and oxygen atoms in total. The number of thiol groups is 1. The maximum atomic E-state index is 10.2. The van der Waals surface area contributed by atoms with E-state index in [9.17, 15) is 43.2 Å². The van der Waals surface area contributed by atoms with Crippen molar-refractivity contribution < 1.29 is 89.1 Å². The van der Waals surface area contributed by atoms with E-state index in [-0.39, 0.29) is 30.7 Å². The third-order valence-corrected chi connectivity index (χ3v) is 5.14.